The van der Waals surface area contributed by atoms with Gasteiger partial charge in [-0.15, -0.1) is 0 Å². The maximum atomic E-state index is 12.7. The third-order valence-corrected chi connectivity index (χ3v) is 8.08. The minimum atomic E-state index is -0.486. The van der Waals surface area contributed by atoms with E-state index in [-0.39, 0.29) is 55.2 Å². The molecule has 4 aliphatic rings. The molecule has 3 fully saturated rings. The summed E-state index contributed by atoms with van der Waals surface area (Å²) in [5.41, 5.74) is 1.73. The van der Waals surface area contributed by atoms with Gasteiger partial charge in [-0.1, -0.05) is 38.5 Å². The van der Waals surface area contributed by atoms with Crippen molar-refractivity contribution in [1.82, 2.24) is 10.6 Å². The van der Waals surface area contributed by atoms with Gasteiger partial charge in [0.15, 0.2) is 0 Å². The number of aliphatic hydroxyl groups excluding tert-OH is 1. The second-order valence-corrected chi connectivity index (χ2v) is 10.7. The molecule has 1 aromatic carbocycles. The van der Waals surface area contributed by atoms with Crippen LogP contribution in [0.2, 0.25) is 0 Å². The largest absolute Gasteiger partial charge is 0.487 e. The van der Waals surface area contributed by atoms with Gasteiger partial charge in [-0.3, -0.25) is 4.79 Å². The Morgan fingerprint density at radius 1 is 0.943 bits per heavy atom. The molecule has 2 saturated carbocycles. The first-order valence-electron chi connectivity index (χ1n) is 13.5. The topological polar surface area (TPSA) is 109 Å². The monoisotopic (exact) mass is 485 g/mol. The number of hydrogen-bond donors (Lipinski definition) is 4. The second kappa shape index (κ2) is 11.2. The van der Waals surface area contributed by atoms with E-state index in [0.717, 1.165) is 55.5 Å². The van der Waals surface area contributed by atoms with Crippen LogP contribution < -0.4 is 20.7 Å². The highest BCUT2D eigenvalue weighted by atomic mass is 16.6. The zero-order valence-electron chi connectivity index (χ0n) is 20.5. The maximum Gasteiger partial charge on any atom is 0.319 e. The molecule has 0 bridgehead atoms. The molecule has 35 heavy (non-hydrogen) atoms. The Kier molecular flexibility index (Phi) is 7.78. The van der Waals surface area contributed by atoms with Gasteiger partial charge in [0.05, 0.1) is 19.1 Å². The fourth-order valence-electron chi connectivity index (χ4n) is 6.31. The van der Waals surface area contributed by atoms with E-state index < -0.39 is 6.10 Å². The number of fused-ring (bicyclic) bond motifs is 3. The SMILES string of the molecule is O=C(C[C@H]1C[C@@H]2c3cc(NC(=O)NC4CCCCC4)ccc3O[C@@H]2[C@@H](CO)O1)NC1CCCCC1. The Morgan fingerprint density at radius 2 is 1.63 bits per heavy atom. The Balaban J connectivity index is 1.22. The predicted octanol–water partition coefficient (Wildman–Crippen LogP) is 3.97. The zero-order chi connectivity index (χ0) is 24.2. The van der Waals surface area contributed by atoms with Gasteiger partial charge in [-0.25, -0.2) is 4.79 Å². The fraction of sp³-hybridized carbons (Fsp3) is 0.704. The van der Waals surface area contributed by atoms with Gasteiger partial charge in [0.25, 0.3) is 0 Å². The van der Waals surface area contributed by atoms with E-state index in [4.69, 9.17) is 9.47 Å². The van der Waals surface area contributed by atoms with Crippen LogP contribution in [0.4, 0.5) is 10.5 Å². The lowest BCUT2D eigenvalue weighted by Gasteiger charge is -2.37. The Hall–Kier alpha value is -2.32. The summed E-state index contributed by atoms with van der Waals surface area (Å²) in [6.45, 7) is -0.162. The number of carbonyl (C=O) groups excluding carboxylic acids is 2. The average Bonchev–Trinajstić information content (AvgIpc) is 3.22. The van der Waals surface area contributed by atoms with Crippen LogP contribution in [0, 0.1) is 0 Å². The molecular formula is C27H39N3O5. The van der Waals surface area contributed by atoms with Crippen molar-refractivity contribution in [3.63, 3.8) is 0 Å². The van der Waals surface area contributed by atoms with Gasteiger partial charge < -0.3 is 30.5 Å². The highest BCUT2D eigenvalue weighted by molar-refractivity contribution is 5.89. The minimum Gasteiger partial charge on any atom is -0.487 e. The Bertz CT molecular complexity index is 897. The standard InChI is InChI=1S/C27H39N3O5/c31-16-24-26-22(14-20(34-24)15-25(32)28-17-7-3-1-4-8-17)21-13-19(11-12-23(21)35-26)30-27(33)29-18-9-5-2-6-10-18/h11-13,17-18,20,22,24,26,31H,1-10,14-16H2,(H,28,32)(H2,29,30,33)/t20-,22-,24-,26+/m1/s1. The Labute approximate surface area is 207 Å². The molecule has 4 atom stereocenters. The van der Waals surface area contributed by atoms with Crippen molar-refractivity contribution >= 4 is 17.6 Å². The van der Waals surface area contributed by atoms with E-state index in [9.17, 15) is 14.7 Å². The molecule has 1 aromatic rings. The predicted molar refractivity (Wildman–Crippen MR) is 133 cm³/mol. The van der Waals surface area contributed by atoms with Crippen LogP contribution in [0.1, 0.15) is 88.5 Å². The van der Waals surface area contributed by atoms with Crippen molar-refractivity contribution in [1.29, 1.82) is 0 Å². The number of ether oxygens (including phenoxy) is 2. The van der Waals surface area contributed by atoms with Crippen LogP contribution >= 0.6 is 0 Å². The smallest absolute Gasteiger partial charge is 0.319 e. The molecule has 0 aromatic heterocycles. The molecule has 192 valence electrons. The van der Waals surface area contributed by atoms with Crippen molar-refractivity contribution in [2.45, 2.75) is 113 Å². The summed E-state index contributed by atoms with van der Waals surface area (Å²) in [6.07, 6.45) is 11.2. The van der Waals surface area contributed by atoms with Crippen LogP contribution in [0.5, 0.6) is 5.75 Å². The lowest BCUT2D eigenvalue weighted by atomic mass is 9.84. The Morgan fingerprint density at radius 3 is 2.31 bits per heavy atom. The number of benzene rings is 1. The summed E-state index contributed by atoms with van der Waals surface area (Å²) in [4.78, 5) is 25.3. The highest BCUT2D eigenvalue weighted by Gasteiger charge is 2.46. The number of nitrogens with one attached hydrogen (secondary N) is 3. The quantitative estimate of drug-likeness (QED) is 0.488. The van der Waals surface area contributed by atoms with E-state index in [2.05, 4.69) is 16.0 Å². The first-order valence-corrected chi connectivity index (χ1v) is 13.5. The molecular weight excluding hydrogens is 446 g/mol. The van der Waals surface area contributed by atoms with Gasteiger partial charge in [0.1, 0.15) is 18.0 Å². The van der Waals surface area contributed by atoms with Gasteiger partial charge in [0.2, 0.25) is 5.91 Å². The second-order valence-electron chi connectivity index (χ2n) is 10.7. The van der Waals surface area contributed by atoms with Gasteiger partial charge in [0, 0.05) is 29.3 Å². The first-order chi connectivity index (χ1) is 17.1. The highest BCUT2D eigenvalue weighted by Crippen LogP contribution is 2.47. The van der Waals surface area contributed by atoms with Crippen molar-refractivity contribution in [2.75, 3.05) is 11.9 Å². The molecule has 2 aliphatic heterocycles. The van der Waals surface area contributed by atoms with Gasteiger partial charge in [-0.05, 0) is 50.3 Å². The van der Waals surface area contributed by atoms with Crippen molar-refractivity contribution in [2.24, 2.45) is 0 Å². The van der Waals surface area contributed by atoms with Crippen molar-refractivity contribution < 1.29 is 24.2 Å². The number of hydrogen-bond acceptors (Lipinski definition) is 5. The van der Waals surface area contributed by atoms with E-state index >= 15 is 0 Å². The summed E-state index contributed by atoms with van der Waals surface area (Å²) >= 11 is 0. The average molecular weight is 486 g/mol. The molecule has 8 nitrogen and oxygen atoms in total. The van der Waals surface area contributed by atoms with Crippen LogP contribution in [-0.4, -0.2) is 54.0 Å². The number of aliphatic hydroxyl groups is 1. The first kappa shape index (κ1) is 24.4. The van der Waals surface area contributed by atoms with E-state index in [1.54, 1.807) is 0 Å². The number of rotatable bonds is 6. The van der Waals surface area contributed by atoms with E-state index in [0.29, 0.717) is 6.42 Å². The van der Waals surface area contributed by atoms with Crippen molar-refractivity contribution in [3.8, 4) is 5.75 Å². The normalized spacial score (nSPS) is 28.9. The maximum absolute atomic E-state index is 12.7. The third kappa shape index (κ3) is 5.92. The number of amides is 3. The van der Waals surface area contributed by atoms with Crippen LogP contribution in [0.3, 0.4) is 0 Å². The number of urea groups is 1. The molecule has 8 heteroatoms. The summed E-state index contributed by atoms with van der Waals surface area (Å²) in [6, 6.07) is 6.03. The van der Waals surface area contributed by atoms with Gasteiger partial charge >= 0.3 is 6.03 Å². The van der Waals surface area contributed by atoms with Gasteiger partial charge in [-0.2, -0.15) is 0 Å². The molecule has 0 radical (unpaired) electrons. The molecule has 3 amide bonds. The molecule has 0 spiro atoms. The molecule has 5 rings (SSSR count). The molecule has 1 saturated heterocycles. The molecule has 2 heterocycles. The number of anilines is 1. The molecule has 2 aliphatic carbocycles. The summed E-state index contributed by atoms with van der Waals surface area (Å²) in [7, 11) is 0. The molecule has 4 N–H and O–H groups in total. The summed E-state index contributed by atoms with van der Waals surface area (Å²) in [5.74, 6) is 0.783. The zero-order valence-corrected chi connectivity index (χ0v) is 20.5. The third-order valence-electron chi connectivity index (χ3n) is 8.08. The van der Waals surface area contributed by atoms with E-state index in [1.807, 2.05) is 18.2 Å². The summed E-state index contributed by atoms with van der Waals surface area (Å²) < 4.78 is 12.3. The van der Waals surface area contributed by atoms with Crippen LogP contribution in [0.25, 0.3) is 0 Å². The van der Waals surface area contributed by atoms with E-state index in [1.165, 1.54) is 25.7 Å². The van der Waals surface area contributed by atoms with Crippen LogP contribution in [0.15, 0.2) is 18.2 Å². The lowest BCUT2D eigenvalue weighted by molar-refractivity contribution is -0.142. The lowest BCUT2D eigenvalue weighted by Crippen LogP contribution is -2.48. The van der Waals surface area contributed by atoms with Crippen LogP contribution in [-0.2, 0) is 9.53 Å². The van der Waals surface area contributed by atoms with Crippen molar-refractivity contribution in [3.05, 3.63) is 23.8 Å². The number of carbonyl (C=O) groups is 2. The molecule has 0 unspecified atom stereocenters. The summed E-state index contributed by atoms with van der Waals surface area (Å²) in [5, 5.41) is 19.2. The fourth-order valence-corrected chi connectivity index (χ4v) is 6.31. The minimum absolute atomic E-state index is 0.00605.